The summed E-state index contributed by atoms with van der Waals surface area (Å²) in [6, 6.07) is 0. The summed E-state index contributed by atoms with van der Waals surface area (Å²) in [6.45, 7) is 2.30. The van der Waals surface area contributed by atoms with Crippen LogP contribution in [0, 0.1) is 0 Å². The maximum atomic E-state index is 2.34. The first-order valence-corrected chi connectivity index (χ1v) is 12.7. The van der Waals surface area contributed by atoms with E-state index in [1.807, 2.05) is 0 Å². The SMILES string of the molecule is CCCCCCCCCCCCCCCCCCCCC1CC=CS1. The third-order valence-electron chi connectivity index (χ3n) is 5.65. The second-order valence-electron chi connectivity index (χ2n) is 8.16. The number of thioether (sulfide) groups is 1. The Morgan fingerprint density at radius 2 is 1.00 bits per heavy atom. The van der Waals surface area contributed by atoms with Crippen molar-refractivity contribution in [3.63, 3.8) is 0 Å². The molecule has 0 amide bonds. The zero-order chi connectivity index (χ0) is 17.8. The molecule has 0 aliphatic carbocycles. The van der Waals surface area contributed by atoms with E-state index in [1.165, 1.54) is 128 Å². The number of unbranched alkanes of at least 4 members (excludes halogenated alkanes) is 17. The minimum atomic E-state index is 0.918. The van der Waals surface area contributed by atoms with Crippen LogP contribution in [-0.4, -0.2) is 5.25 Å². The molecule has 1 rings (SSSR count). The second-order valence-corrected chi connectivity index (χ2v) is 9.38. The van der Waals surface area contributed by atoms with E-state index in [2.05, 4.69) is 30.2 Å². The van der Waals surface area contributed by atoms with E-state index < -0.39 is 0 Å². The van der Waals surface area contributed by atoms with Crippen LogP contribution in [0.5, 0.6) is 0 Å². The van der Waals surface area contributed by atoms with Crippen LogP contribution >= 0.6 is 11.8 Å². The summed E-state index contributed by atoms with van der Waals surface area (Å²) in [6.07, 6.45) is 31.6. The largest absolute Gasteiger partial charge is 0.131 e. The van der Waals surface area contributed by atoms with Crippen LogP contribution in [0.4, 0.5) is 0 Å². The molecule has 0 saturated heterocycles. The van der Waals surface area contributed by atoms with Gasteiger partial charge in [-0.1, -0.05) is 129 Å². The van der Waals surface area contributed by atoms with Gasteiger partial charge in [0.25, 0.3) is 0 Å². The lowest BCUT2D eigenvalue weighted by atomic mass is 10.0. The Morgan fingerprint density at radius 3 is 1.36 bits per heavy atom. The molecule has 0 aromatic carbocycles. The molecule has 0 aromatic heterocycles. The molecule has 0 aromatic rings. The summed E-state index contributed by atoms with van der Waals surface area (Å²) in [4.78, 5) is 0. The minimum absolute atomic E-state index is 0.918. The van der Waals surface area contributed by atoms with Gasteiger partial charge in [0.05, 0.1) is 0 Å². The average molecular weight is 367 g/mol. The van der Waals surface area contributed by atoms with Crippen molar-refractivity contribution < 1.29 is 0 Å². The molecule has 0 radical (unpaired) electrons. The van der Waals surface area contributed by atoms with Crippen molar-refractivity contribution in [2.24, 2.45) is 0 Å². The maximum absolute atomic E-state index is 2.34. The molecule has 0 fully saturated rings. The van der Waals surface area contributed by atoms with Gasteiger partial charge in [-0.25, -0.2) is 0 Å². The fourth-order valence-electron chi connectivity index (χ4n) is 3.89. The van der Waals surface area contributed by atoms with Gasteiger partial charge in [-0.3, -0.25) is 0 Å². The summed E-state index contributed by atoms with van der Waals surface area (Å²) < 4.78 is 0. The molecule has 148 valence electrons. The lowest BCUT2D eigenvalue weighted by Crippen LogP contribution is -1.95. The Morgan fingerprint density at radius 1 is 0.600 bits per heavy atom. The standard InChI is InChI=1S/C24H46S/c1-2-3-4-5-6-7-8-9-10-11-12-13-14-15-16-17-18-19-21-24-22-20-23-25-24/h20,23-24H,2-19,21-22H2,1H3. The molecular formula is C24H46S. The summed E-state index contributed by atoms with van der Waals surface area (Å²) in [7, 11) is 0. The van der Waals surface area contributed by atoms with Gasteiger partial charge in [-0.2, -0.15) is 0 Å². The predicted octanol–water partition coefficient (Wildman–Crippen LogP) is 9.44. The molecular weight excluding hydrogens is 320 g/mol. The maximum Gasteiger partial charge on any atom is 0.0123 e. The highest BCUT2D eigenvalue weighted by Gasteiger charge is 2.09. The zero-order valence-electron chi connectivity index (χ0n) is 17.3. The predicted molar refractivity (Wildman–Crippen MR) is 119 cm³/mol. The number of allylic oxidation sites excluding steroid dienone is 1. The Balaban J connectivity index is 1.63. The van der Waals surface area contributed by atoms with Crippen LogP contribution in [0.3, 0.4) is 0 Å². The second kappa shape index (κ2) is 18.9. The summed E-state index contributed by atoms with van der Waals surface area (Å²) in [5.74, 6) is 0. The van der Waals surface area contributed by atoms with Crippen molar-refractivity contribution in [3.8, 4) is 0 Å². The Bertz CT molecular complexity index is 276. The lowest BCUT2D eigenvalue weighted by molar-refractivity contribution is 0.523. The van der Waals surface area contributed by atoms with Crippen molar-refractivity contribution in [2.45, 2.75) is 141 Å². The van der Waals surface area contributed by atoms with Crippen molar-refractivity contribution in [1.82, 2.24) is 0 Å². The third kappa shape index (κ3) is 16.0. The molecule has 1 heteroatoms. The van der Waals surface area contributed by atoms with E-state index in [1.54, 1.807) is 0 Å². The minimum Gasteiger partial charge on any atom is -0.131 e. The monoisotopic (exact) mass is 366 g/mol. The molecule has 0 N–H and O–H groups in total. The van der Waals surface area contributed by atoms with E-state index in [0.29, 0.717) is 0 Å². The van der Waals surface area contributed by atoms with Gasteiger partial charge in [0.1, 0.15) is 0 Å². The van der Waals surface area contributed by atoms with Gasteiger partial charge in [0.15, 0.2) is 0 Å². The fourth-order valence-corrected chi connectivity index (χ4v) is 4.86. The van der Waals surface area contributed by atoms with Crippen molar-refractivity contribution in [1.29, 1.82) is 0 Å². The molecule has 0 nitrogen and oxygen atoms in total. The normalized spacial score (nSPS) is 16.8. The van der Waals surface area contributed by atoms with Crippen LogP contribution in [0.25, 0.3) is 0 Å². The summed E-state index contributed by atoms with van der Waals surface area (Å²) >= 11 is 2.05. The summed E-state index contributed by atoms with van der Waals surface area (Å²) in [5.41, 5.74) is 0. The molecule has 1 atom stereocenters. The highest BCUT2D eigenvalue weighted by molar-refractivity contribution is 8.03. The molecule has 0 spiro atoms. The highest BCUT2D eigenvalue weighted by Crippen LogP contribution is 2.28. The van der Waals surface area contributed by atoms with Crippen LogP contribution in [0.15, 0.2) is 11.5 Å². The molecule has 1 aliphatic heterocycles. The van der Waals surface area contributed by atoms with Gasteiger partial charge < -0.3 is 0 Å². The number of hydrogen-bond donors (Lipinski definition) is 0. The topological polar surface area (TPSA) is 0 Å². The van der Waals surface area contributed by atoms with E-state index in [4.69, 9.17) is 0 Å². The van der Waals surface area contributed by atoms with Gasteiger partial charge in [0, 0.05) is 5.25 Å². The molecule has 1 aliphatic rings. The van der Waals surface area contributed by atoms with Crippen molar-refractivity contribution in [2.75, 3.05) is 0 Å². The molecule has 0 saturated carbocycles. The first kappa shape index (κ1) is 23.1. The van der Waals surface area contributed by atoms with Crippen molar-refractivity contribution >= 4 is 11.8 Å². The summed E-state index contributed by atoms with van der Waals surface area (Å²) in [5, 5.41) is 3.21. The molecule has 1 heterocycles. The Kier molecular flexibility index (Phi) is 17.5. The Labute approximate surface area is 164 Å². The fraction of sp³-hybridized carbons (Fsp3) is 0.917. The van der Waals surface area contributed by atoms with E-state index in [0.717, 1.165) is 5.25 Å². The molecule has 0 bridgehead atoms. The van der Waals surface area contributed by atoms with Crippen LogP contribution in [-0.2, 0) is 0 Å². The number of hydrogen-bond acceptors (Lipinski definition) is 1. The first-order chi connectivity index (χ1) is 12.4. The third-order valence-corrected chi connectivity index (χ3v) is 6.81. The number of rotatable bonds is 19. The van der Waals surface area contributed by atoms with Crippen LogP contribution < -0.4 is 0 Å². The molecule has 1 unspecified atom stereocenters. The van der Waals surface area contributed by atoms with E-state index in [-0.39, 0.29) is 0 Å². The highest BCUT2D eigenvalue weighted by atomic mass is 32.2. The van der Waals surface area contributed by atoms with Crippen molar-refractivity contribution in [3.05, 3.63) is 11.5 Å². The Hall–Kier alpha value is 0.0900. The first-order valence-electron chi connectivity index (χ1n) is 11.7. The average Bonchev–Trinajstić information content (AvgIpc) is 3.14. The van der Waals surface area contributed by atoms with E-state index >= 15 is 0 Å². The van der Waals surface area contributed by atoms with Gasteiger partial charge in [-0.05, 0) is 18.2 Å². The van der Waals surface area contributed by atoms with Gasteiger partial charge in [0.2, 0.25) is 0 Å². The zero-order valence-corrected chi connectivity index (χ0v) is 18.1. The van der Waals surface area contributed by atoms with Crippen LogP contribution in [0.2, 0.25) is 0 Å². The lowest BCUT2D eigenvalue weighted by Gasteiger charge is -2.07. The van der Waals surface area contributed by atoms with Gasteiger partial charge in [-0.15, -0.1) is 11.8 Å². The molecule has 25 heavy (non-hydrogen) atoms. The quantitative estimate of drug-likeness (QED) is 0.205. The van der Waals surface area contributed by atoms with Crippen LogP contribution in [0.1, 0.15) is 135 Å². The van der Waals surface area contributed by atoms with E-state index in [9.17, 15) is 0 Å². The smallest absolute Gasteiger partial charge is 0.0123 e. The van der Waals surface area contributed by atoms with Gasteiger partial charge >= 0.3 is 0 Å².